The number of hydrogen-bond donors (Lipinski definition) is 0. The van der Waals surface area contributed by atoms with Crippen LogP contribution in [0.3, 0.4) is 0 Å². The molecule has 0 fully saturated rings. The second kappa shape index (κ2) is 15.6. The minimum absolute atomic E-state index is 0.171. The van der Waals surface area contributed by atoms with Gasteiger partial charge in [0.1, 0.15) is 0 Å². The maximum absolute atomic E-state index is 16.2. The van der Waals surface area contributed by atoms with Crippen LogP contribution in [0.15, 0.2) is 24.3 Å². The number of unbranched alkanes of at least 4 members (excludes halogenated alkanes) is 3. The predicted molar refractivity (Wildman–Crippen MR) is 191 cm³/mol. The third-order valence-corrected chi connectivity index (χ3v) is 23.1. The van der Waals surface area contributed by atoms with Crippen molar-refractivity contribution in [2.24, 2.45) is 0 Å². The molecular weight excluding hydrogens is 826 g/mol. The van der Waals surface area contributed by atoms with Crippen LogP contribution in [-0.2, 0) is 6.42 Å². The van der Waals surface area contributed by atoms with E-state index in [9.17, 15) is 8.78 Å². The Kier molecular flexibility index (Phi) is 11.4. The van der Waals surface area contributed by atoms with E-state index < -0.39 is 114 Å². The van der Waals surface area contributed by atoms with E-state index in [1.165, 1.54) is 30.1 Å². The van der Waals surface area contributed by atoms with E-state index >= 15 is 39.5 Å². The molecule has 1 aliphatic heterocycles. The number of hydrogen-bond acceptors (Lipinski definition) is 2. The van der Waals surface area contributed by atoms with E-state index in [1.54, 1.807) is 35.3 Å². The summed E-state index contributed by atoms with van der Waals surface area (Å²) in [5.74, 6) is -14.3. The van der Waals surface area contributed by atoms with Gasteiger partial charge in [-0.3, -0.25) is 0 Å². The zero-order chi connectivity index (χ0) is 39.2. The summed E-state index contributed by atoms with van der Waals surface area (Å²) in [6.07, 6.45) is 5.43. The molecule has 0 amide bonds. The fraction of sp³-hybridized carbons (Fsp3) is 0.250. The molecule has 2 aromatic heterocycles. The SMILES string of the molecule is CCCCCCc1ccc(-c2ccc(C#Cc3c(F)c(F)c(C#Cc4c(F)c(F)c5[c](c4F)[Ge]([CH2]C)([CH2]C)[c]4c(F)c(F)c(F)c(F)c4-5)c(F)c3F)s2)s1. The van der Waals surface area contributed by atoms with Crippen molar-refractivity contribution in [1.29, 1.82) is 0 Å². The largest absolute Gasteiger partial charge is 0.139 e. The van der Waals surface area contributed by atoms with Crippen LogP contribution in [-0.4, -0.2) is 13.3 Å². The molecule has 3 heterocycles. The van der Waals surface area contributed by atoms with Crippen molar-refractivity contribution in [3.8, 4) is 44.6 Å². The summed E-state index contributed by atoms with van der Waals surface area (Å²) >= 11 is -1.94. The Hall–Kier alpha value is -4.05. The molecule has 5 aromatic rings. The summed E-state index contributed by atoms with van der Waals surface area (Å²) in [6, 6.07) is 7.32. The van der Waals surface area contributed by atoms with Crippen LogP contribution < -0.4 is 8.79 Å². The molecule has 14 heteroatoms. The van der Waals surface area contributed by atoms with Crippen LogP contribution in [0.4, 0.5) is 48.3 Å². The van der Waals surface area contributed by atoms with Gasteiger partial charge in [-0.2, -0.15) is 0 Å². The van der Waals surface area contributed by atoms with Gasteiger partial charge in [0.2, 0.25) is 0 Å². The molecule has 0 spiro atoms. The number of rotatable bonds is 8. The van der Waals surface area contributed by atoms with Gasteiger partial charge in [0.25, 0.3) is 0 Å². The molecule has 0 radical (unpaired) electrons. The van der Waals surface area contributed by atoms with Gasteiger partial charge in [0, 0.05) is 14.6 Å². The van der Waals surface area contributed by atoms with Crippen molar-refractivity contribution in [3.05, 3.63) is 115 Å². The Morgan fingerprint density at radius 2 is 0.926 bits per heavy atom. The average molecular weight is 853 g/mol. The average Bonchev–Trinajstić information content (AvgIpc) is 3.91. The van der Waals surface area contributed by atoms with Crippen molar-refractivity contribution in [1.82, 2.24) is 0 Å². The van der Waals surface area contributed by atoms with Gasteiger partial charge in [-0.1, -0.05) is 26.2 Å². The summed E-state index contributed by atoms with van der Waals surface area (Å²) < 4.78 is 166. The molecule has 0 saturated heterocycles. The standard InChI is InChI=1S/C40H27F11GeS2/c1-4-7-8-9-10-19-12-17-24(53-19)25-18-13-20(54-25)11-14-21-28(41)30(43)22(31(44)29(21)42)15-16-23-32(45)34(47)26-27-35(48)36(49)37(50)38(51)40(27)52(5-2,6-3)39(26)33(23)46/h12-13,17-18H,4-10H2,1-3H3. The summed E-state index contributed by atoms with van der Waals surface area (Å²) in [5, 5.41) is -0.341. The van der Waals surface area contributed by atoms with Crippen LogP contribution in [0.1, 0.15) is 72.9 Å². The maximum atomic E-state index is 16.2. The molecule has 0 unspecified atom stereocenters. The molecule has 6 rings (SSSR count). The maximum Gasteiger partial charge on any atom is -0.126 e. The Balaban J connectivity index is 1.37. The monoisotopic (exact) mass is 854 g/mol. The van der Waals surface area contributed by atoms with Crippen molar-refractivity contribution in [2.45, 2.75) is 63.4 Å². The fourth-order valence-corrected chi connectivity index (χ4v) is 18.6. The number of halogens is 11. The van der Waals surface area contributed by atoms with E-state index in [2.05, 4.69) is 18.8 Å². The molecule has 0 bridgehead atoms. The number of fused-ring (bicyclic) bond motifs is 3. The molecule has 0 N–H and O–H groups in total. The second-order valence-electron chi connectivity index (χ2n) is 12.6. The van der Waals surface area contributed by atoms with E-state index in [-0.39, 0.29) is 10.5 Å². The Bertz CT molecular complexity index is 2420. The summed E-state index contributed by atoms with van der Waals surface area (Å²) in [5.41, 5.74) is -6.63. The third-order valence-electron chi connectivity index (χ3n) is 9.68. The van der Waals surface area contributed by atoms with Crippen LogP contribution in [0.25, 0.3) is 20.9 Å². The smallest absolute Gasteiger partial charge is 0.126 e. The van der Waals surface area contributed by atoms with Crippen LogP contribution in [0.5, 0.6) is 0 Å². The first-order valence-corrected chi connectivity index (χ1v) is 23.6. The number of aryl methyl sites for hydroxylation is 1. The number of benzene rings is 3. The summed E-state index contributed by atoms with van der Waals surface area (Å²) in [4.78, 5) is 3.32. The molecule has 54 heavy (non-hydrogen) atoms. The van der Waals surface area contributed by atoms with E-state index in [1.807, 2.05) is 12.1 Å². The quantitative estimate of drug-likeness (QED) is 0.0364. The molecule has 0 atom stereocenters. The van der Waals surface area contributed by atoms with Crippen molar-refractivity contribution >= 4 is 44.7 Å². The first-order chi connectivity index (χ1) is 25.7. The van der Waals surface area contributed by atoms with Crippen LogP contribution >= 0.6 is 22.7 Å². The van der Waals surface area contributed by atoms with E-state index in [4.69, 9.17) is 0 Å². The Morgan fingerprint density at radius 3 is 1.50 bits per heavy atom. The van der Waals surface area contributed by atoms with Crippen molar-refractivity contribution < 1.29 is 48.3 Å². The van der Waals surface area contributed by atoms with Crippen LogP contribution in [0.2, 0.25) is 10.5 Å². The fourth-order valence-electron chi connectivity index (χ4n) is 6.86. The van der Waals surface area contributed by atoms with Crippen molar-refractivity contribution in [2.75, 3.05) is 0 Å². The Labute approximate surface area is 314 Å². The van der Waals surface area contributed by atoms with Gasteiger partial charge in [0.15, 0.2) is 0 Å². The first-order valence-electron chi connectivity index (χ1n) is 16.9. The van der Waals surface area contributed by atoms with Gasteiger partial charge in [-0.15, -0.1) is 22.7 Å². The summed E-state index contributed by atoms with van der Waals surface area (Å²) in [6.45, 7) is 4.94. The first kappa shape index (κ1) is 39.6. The zero-order valence-electron chi connectivity index (χ0n) is 28.7. The van der Waals surface area contributed by atoms with Gasteiger partial charge >= 0.3 is 215 Å². The minimum atomic E-state index is -4.75. The molecule has 0 aliphatic carbocycles. The minimum Gasteiger partial charge on any atom is -0.139 e. The topological polar surface area (TPSA) is 0 Å². The normalized spacial score (nSPS) is 12.6. The zero-order valence-corrected chi connectivity index (χ0v) is 32.5. The molecule has 0 saturated carbocycles. The molecule has 280 valence electrons. The van der Waals surface area contributed by atoms with E-state index in [0.717, 1.165) is 41.9 Å². The van der Waals surface area contributed by atoms with Gasteiger partial charge in [-0.05, 0) is 37.1 Å². The molecule has 0 nitrogen and oxygen atoms in total. The third kappa shape index (κ3) is 6.46. The van der Waals surface area contributed by atoms with Crippen LogP contribution in [0, 0.1) is 87.7 Å². The van der Waals surface area contributed by atoms with E-state index in [0.29, 0.717) is 4.88 Å². The predicted octanol–water partition coefficient (Wildman–Crippen LogP) is 11.5. The van der Waals surface area contributed by atoms with Gasteiger partial charge in [0.05, 0.1) is 0 Å². The second-order valence-corrected chi connectivity index (χ2v) is 24.5. The number of thiophene rings is 2. The van der Waals surface area contributed by atoms with Gasteiger partial charge < -0.3 is 0 Å². The van der Waals surface area contributed by atoms with Gasteiger partial charge in [-0.25, -0.2) is 0 Å². The Morgan fingerprint density at radius 1 is 0.463 bits per heavy atom. The molecular formula is C40H27F11GeS2. The molecule has 3 aromatic carbocycles. The van der Waals surface area contributed by atoms with Crippen molar-refractivity contribution in [3.63, 3.8) is 0 Å². The summed E-state index contributed by atoms with van der Waals surface area (Å²) in [7, 11) is 0. The molecule has 1 aliphatic rings.